The highest BCUT2D eigenvalue weighted by atomic mass is 35.5. The van der Waals surface area contributed by atoms with E-state index in [2.05, 4.69) is 0 Å². The number of likely N-dealkylation sites (tertiary alicyclic amines) is 1. The summed E-state index contributed by atoms with van der Waals surface area (Å²) >= 11 is 12.6. The van der Waals surface area contributed by atoms with Gasteiger partial charge in [-0.25, -0.2) is 5.48 Å². The van der Waals surface area contributed by atoms with Crippen molar-refractivity contribution in [2.24, 2.45) is 5.41 Å². The van der Waals surface area contributed by atoms with Gasteiger partial charge in [-0.1, -0.05) is 35.3 Å². The zero-order valence-corrected chi connectivity index (χ0v) is 16.7. The number of fused-ring (bicyclic) bond motifs is 1. The fraction of sp³-hybridized carbons (Fsp3) is 0.333. The third-order valence-corrected chi connectivity index (χ3v) is 6.69. The Labute approximate surface area is 173 Å². The van der Waals surface area contributed by atoms with E-state index in [1.54, 1.807) is 35.8 Å². The first-order valence-electron chi connectivity index (χ1n) is 9.22. The molecule has 1 fully saturated rings. The number of nitrogens with zero attached hydrogens (tertiary/aromatic N) is 1. The summed E-state index contributed by atoms with van der Waals surface area (Å²) in [5.41, 5.74) is 4.62. The first-order chi connectivity index (χ1) is 13.4. The van der Waals surface area contributed by atoms with Gasteiger partial charge in [-0.2, -0.15) is 0 Å². The summed E-state index contributed by atoms with van der Waals surface area (Å²) < 4.78 is 0. The SMILES string of the molecule is O=C(NO)c1ccc2c(c1)CC[C@@]1(CCN(Cc3c(Cl)cccc3Cl)C1=O)C2. The highest BCUT2D eigenvalue weighted by Crippen LogP contribution is 2.44. The summed E-state index contributed by atoms with van der Waals surface area (Å²) in [6.07, 6.45) is 2.94. The summed E-state index contributed by atoms with van der Waals surface area (Å²) in [5.74, 6) is -0.380. The van der Waals surface area contributed by atoms with Crippen molar-refractivity contribution < 1.29 is 14.8 Å². The number of amides is 2. The lowest BCUT2D eigenvalue weighted by Gasteiger charge is -2.33. The van der Waals surface area contributed by atoms with Crippen LogP contribution < -0.4 is 5.48 Å². The zero-order chi connectivity index (χ0) is 19.9. The topological polar surface area (TPSA) is 69.6 Å². The molecule has 2 aliphatic rings. The van der Waals surface area contributed by atoms with Crippen molar-refractivity contribution >= 4 is 35.0 Å². The molecule has 1 saturated heterocycles. The van der Waals surface area contributed by atoms with Crippen LogP contribution in [0.1, 0.15) is 39.9 Å². The maximum Gasteiger partial charge on any atom is 0.274 e. The van der Waals surface area contributed by atoms with Crippen molar-refractivity contribution in [2.45, 2.75) is 32.2 Å². The molecule has 1 aliphatic heterocycles. The standard InChI is InChI=1S/C21H20Cl2N2O3/c22-17-2-1-3-18(23)16(17)12-25-9-8-21(20(25)27)7-6-13-10-14(19(26)24-28)4-5-15(13)11-21/h1-5,10,28H,6-9,11-12H2,(H,24,26)/t21-/m1/s1. The van der Waals surface area contributed by atoms with Crippen LogP contribution in [0.15, 0.2) is 36.4 Å². The van der Waals surface area contributed by atoms with Crippen LogP contribution in [0.25, 0.3) is 0 Å². The van der Waals surface area contributed by atoms with E-state index in [0.717, 1.165) is 36.0 Å². The quantitative estimate of drug-likeness (QED) is 0.583. The van der Waals surface area contributed by atoms with Crippen molar-refractivity contribution in [1.29, 1.82) is 0 Å². The Morgan fingerprint density at radius 1 is 1.14 bits per heavy atom. The largest absolute Gasteiger partial charge is 0.338 e. The van der Waals surface area contributed by atoms with Gasteiger partial charge in [0, 0.05) is 34.3 Å². The van der Waals surface area contributed by atoms with Gasteiger partial charge in [0.15, 0.2) is 0 Å². The van der Waals surface area contributed by atoms with E-state index in [4.69, 9.17) is 28.4 Å². The predicted octanol–water partition coefficient (Wildman–Crippen LogP) is 4.02. The number of halogens is 2. The average molecular weight is 419 g/mol. The lowest BCUT2D eigenvalue weighted by molar-refractivity contribution is -0.137. The molecule has 2 N–H and O–H groups in total. The summed E-state index contributed by atoms with van der Waals surface area (Å²) in [6.45, 7) is 1.10. The second-order valence-corrected chi connectivity index (χ2v) is 8.37. The molecule has 0 saturated carbocycles. The summed E-state index contributed by atoms with van der Waals surface area (Å²) in [4.78, 5) is 26.8. The third kappa shape index (κ3) is 3.28. The van der Waals surface area contributed by atoms with Gasteiger partial charge in [-0.05, 0) is 61.1 Å². The Bertz CT molecular complexity index is 942. The van der Waals surface area contributed by atoms with Crippen LogP contribution in [0.3, 0.4) is 0 Å². The van der Waals surface area contributed by atoms with Crippen LogP contribution in [0.5, 0.6) is 0 Å². The van der Waals surface area contributed by atoms with Gasteiger partial charge in [0.05, 0.1) is 5.41 Å². The lowest BCUT2D eigenvalue weighted by atomic mass is 9.70. The smallest absolute Gasteiger partial charge is 0.274 e. The number of rotatable bonds is 3. The first kappa shape index (κ1) is 19.2. The second kappa shape index (κ2) is 7.39. The minimum Gasteiger partial charge on any atom is -0.338 e. The summed E-state index contributed by atoms with van der Waals surface area (Å²) in [5, 5.41) is 9.96. The lowest BCUT2D eigenvalue weighted by Crippen LogP contribution is -2.38. The Kier molecular flexibility index (Phi) is 5.08. The number of nitrogens with one attached hydrogen (secondary N) is 1. The van der Waals surface area contributed by atoms with Crippen LogP contribution >= 0.6 is 23.2 Å². The highest BCUT2D eigenvalue weighted by Gasteiger charge is 2.48. The molecule has 2 amide bonds. The molecular formula is C21H20Cl2N2O3. The molecule has 1 aliphatic carbocycles. The van der Waals surface area contributed by atoms with E-state index in [1.807, 2.05) is 11.0 Å². The highest BCUT2D eigenvalue weighted by molar-refractivity contribution is 6.36. The Balaban J connectivity index is 1.54. The molecule has 0 aromatic heterocycles. The van der Waals surface area contributed by atoms with E-state index >= 15 is 0 Å². The molecule has 28 heavy (non-hydrogen) atoms. The first-order valence-corrected chi connectivity index (χ1v) is 9.98. The van der Waals surface area contributed by atoms with Gasteiger partial charge in [-0.3, -0.25) is 14.8 Å². The molecule has 2 aromatic carbocycles. The van der Waals surface area contributed by atoms with E-state index < -0.39 is 11.3 Å². The normalized spacial score (nSPS) is 21.1. The minimum absolute atomic E-state index is 0.145. The Morgan fingerprint density at radius 3 is 2.61 bits per heavy atom. The number of carbonyl (C=O) groups is 2. The van der Waals surface area contributed by atoms with Crippen LogP contribution in [0.4, 0.5) is 0 Å². The predicted molar refractivity (Wildman–Crippen MR) is 107 cm³/mol. The molecule has 0 radical (unpaired) electrons. The van der Waals surface area contributed by atoms with Crippen LogP contribution in [0, 0.1) is 5.41 Å². The van der Waals surface area contributed by atoms with Crippen LogP contribution in [0.2, 0.25) is 10.0 Å². The Hall–Kier alpha value is -2.08. The molecule has 5 nitrogen and oxygen atoms in total. The molecule has 4 rings (SSSR count). The van der Waals surface area contributed by atoms with E-state index in [0.29, 0.717) is 35.1 Å². The molecule has 1 heterocycles. The number of hydrogen-bond acceptors (Lipinski definition) is 3. The second-order valence-electron chi connectivity index (χ2n) is 7.56. The fourth-order valence-corrected chi connectivity index (χ4v) is 4.89. The van der Waals surface area contributed by atoms with Gasteiger partial charge in [0.2, 0.25) is 5.91 Å². The van der Waals surface area contributed by atoms with E-state index in [1.165, 1.54) is 0 Å². The minimum atomic E-state index is -0.525. The van der Waals surface area contributed by atoms with Gasteiger partial charge in [0.1, 0.15) is 0 Å². The van der Waals surface area contributed by atoms with E-state index in [9.17, 15) is 9.59 Å². The molecule has 0 unspecified atom stereocenters. The van der Waals surface area contributed by atoms with Crippen molar-refractivity contribution in [3.8, 4) is 0 Å². The monoisotopic (exact) mass is 418 g/mol. The average Bonchev–Trinajstić information content (AvgIpc) is 2.99. The van der Waals surface area contributed by atoms with Gasteiger partial charge in [-0.15, -0.1) is 0 Å². The number of carbonyl (C=O) groups excluding carboxylic acids is 2. The van der Waals surface area contributed by atoms with E-state index in [-0.39, 0.29) is 5.91 Å². The van der Waals surface area contributed by atoms with Gasteiger partial charge >= 0.3 is 0 Å². The number of hydroxylamine groups is 1. The Morgan fingerprint density at radius 2 is 1.89 bits per heavy atom. The molecule has 1 spiro atoms. The fourth-order valence-electron chi connectivity index (χ4n) is 4.38. The van der Waals surface area contributed by atoms with Crippen molar-refractivity contribution in [3.05, 3.63) is 68.7 Å². The van der Waals surface area contributed by atoms with Gasteiger partial charge in [0.25, 0.3) is 5.91 Å². The zero-order valence-electron chi connectivity index (χ0n) is 15.2. The maximum absolute atomic E-state index is 13.3. The van der Waals surface area contributed by atoms with Crippen molar-refractivity contribution in [3.63, 3.8) is 0 Å². The van der Waals surface area contributed by atoms with Crippen LogP contribution in [-0.2, 0) is 24.2 Å². The molecule has 7 heteroatoms. The maximum atomic E-state index is 13.3. The number of benzene rings is 2. The van der Waals surface area contributed by atoms with Gasteiger partial charge < -0.3 is 4.90 Å². The summed E-state index contributed by atoms with van der Waals surface area (Å²) in [7, 11) is 0. The van der Waals surface area contributed by atoms with Crippen LogP contribution in [-0.4, -0.2) is 28.5 Å². The van der Waals surface area contributed by atoms with Crippen molar-refractivity contribution in [2.75, 3.05) is 6.54 Å². The number of aryl methyl sites for hydroxylation is 1. The third-order valence-electron chi connectivity index (χ3n) is 5.98. The molecule has 0 bridgehead atoms. The molecule has 2 aromatic rings. The molecular weight excluding hydrogens is 399 g/mol. The van der Waals surface area contributed by atoms with Crippen molar-refractivity contribution in [1.82, 2.24) is 10.4 Å². The summed E-state index contributed by atoms with van der Waals surface area (Å²) in [6, 6.07) is 10.7. The molecule has 1 atom stereocenters. The molecule has 146 valence electrons. The number of hydrogen-bond donors (Lipinski definition) is 2.